The zero-order chi connectivity index (χ0) is 9.52. The van der Waals surface area contributed by atoms with Gasteiger partial charge in [0, 0.05) is 20.0 Å². The molecule has 0 saturated carbocycles. The van der Waals surface area contributed by atoms with Gasteiger partial charge in [0.15, 0.2) is 0 Å². The smallest absolute Gasteiger partial charge is 0.308 e. The minimum absolute atomic E-state index is 0.117. The first kappa shape index (κ1) is 10.5. The molecule has 1 heterocycles. The summed E-state index contributed by atoms with van der Waals surface area (Å²) in [6.45, 7) is 0. The van der Waals surface area contributed by atoms with Crippen LogP contribution in [-0.4, -0.2) is 19.4 Å². The van der Waals surface area contributed by atoms with E-state index in [2.05, 4.69) is 0 Å². The van der Waals surface area contributed by atoms with E-state index >= 15 is 0 Å². The van der Waals surface area contributed by atoms with E-state index in [9.17, 15) is 4.79 Å². The van der Waals surface area contributed by atoms with Crippen LogP contribution >= 0.6 is 0 Å². The fraction of sp³-hybridized carbons (Fsp3) is 0.900. The quantitative estimate of drug-likeness (QED) is 0.589. The summed E-state index contributed by atoms with van der Waals surface area (Å²) < 4.78 is 10.2. The minimum atomic E-state index is -0.314. The second kappa shape index (κ2) is 5.97. The summed E-state index contributed by atoms with van der Waals surface area (Å²) >= 11 is 0. The van der Waals surface area contributed by atoms with Crippen LogP contribution in [0.1, 0.15) is 44.9 Å². The topological polar surface area (TPSA) is 35.5 Å². The molecule has 0 N–H and O–H groups in total. The first-order chi connectivity index (χ1) is 6.33. The molecule has 1 saturated heterocycles. The fourth-order valence-electron chi connectivity index (χ4n) is 1.54. The van der Waals surface area contributed by atoms with Crippen LogP contribution in [0, 0.1) is 0 Å². The van der Waals surface area contributed by atoms with Gasteiger partial charge in [0.1, 0.15) is 0 Å². The maximum atomic E-state index is 11.2. The lowest BCUT2D eigenvalue weighted by atomic mass is 10.1. The average molecular weight is 186 g/mol. The van der Waals surface area contributed by atoms with Gasteiger partial charge in [-0.1, -0.05) is 19.3 Å². The van der Waals surface area contributed by atoms with Crippen LogP contribution in [-0.2, 0) is 14.3 Å². The van der Waals surface area contributed by atoms with Crippen LogP contribution in [0.4, 0.5) is 0 Å². The molecular formula is C10H18O3. The van der Waals surface area contributed by atoms with Crippen LogP contribution in [0.5, 0.6) is 0 Å². The Bertz CT molecular complexity index is 156. The minimum Gasteiger partial charge on any atom is -0.436 e. The Morgan fingerprint density at radius 2 is 1.92 bits per heavy atom. The zero-order valence-electron chi connectivity index (χ0n) is 8.25. The third-order valence-electron chi connectivity index (χ3n) is 2.35. The van der Waals surface area contributed by atoms with Gasteiger partial charge >= 0.3 is 5.97 Å². The second-order valence-electron chi connectivity index (χ2n) is 3.46. The fourth-order valence-corrected chi connectivity index (χ4v) is 1.54. The van der Waals surface area contributed by atoms with Gasteiger partial charge in [-0.15, -0.1) is 0 Å². The van der Waals surface area contributed by atoms with Crippen molar-refractivity contribution in [3.05, 3.63) is 0 Å². The molecule has 1 unspecified atom stereocenters. The number of ether oxygens (including phenoxy) is 2. The standard InChI is InChI=1S/C10H18O3/c1-12-10-8-6-4-2-3-5-7-9(11)13-10/h10H,2-8H2,1H3. The molecule has 1 rings (SSSR count). The molecule has 0 radical (unpaired) electrons. The van der Waals surface area contributed by atoms with Crippen LogP contribution in [0.25, 0.3) is 0 Å². The van der Waals surface area contributed by atoms with E-state index in [1.165, 1.54) is 12.8 Å². The predicted octanol–water partition coefficient (Wildman–Crippen LogP) is 2.25. The predicted molar refractivity (Wildman–Crippen MR) is 49.2 cm³/mol. The highest BCUT2D eigenvalue weighted by atomic mass is 16.7. The van der Waals surface area contributed by atoms with Crippen molar-refractivity contribution in [2.45, 2.75) is 51.2 Å². The lowest BCUT2D eigenvalue weighted by molar-refractivity contribution is -0.175. The highest BCUT2D eigenvalue weighted by Gasteiger charge is 2.13. The third-order valence-corrected chi connectivity index (χ3v) is 2.35. The van der Waals surface area contributed by atoms with Crippen LogP contribution in [0.2, 0.25) is 0 Å². The highest BCUT2D eigenvalue weighted by molar-refractivity contribution is 5.69. The largest absolute Gasteiger partial charge is 0.436 e. The van der Waals surface area contributed by atoms with Crippen molar-refractivity contribution in [2.24, 2.45) is 0 Å². The van der Waals surface area contributed by atoms with Gasteiger partial charge in [0.25, 0.3) is 0 Å². The van der Waals surface area contributed by atoms with Crippen molar-refractivity contribution >= 4 is 5.97 Å². The molecule has 0 spiro atoms. The summed E-state index contributed by atoms with van der Waals surface area (Å²) in [5.74, 6) is -0.117. The van der Waals surface area contributed by atoms with E-state index in [0.717, 1.165) is 25.7 Å². The molecule has 0 amide bonds. The first-order valence-electron chi connectivity index (χ1n) is 5.05. The first-order valence-corrected chi connectivity index (χ1v) is 5.05. The Balaban J connectivity index is 2.34. The number of carbonyl (C=O) groups is 1. The van der Waals surface area contributed by atoms with E-state index in [1.54, 1.807) is 7.11 Å². The number of methoxy groups -OCH3 is 1. The SMILES string of the molecule is COC1CCCCCCCC(=O)O1. The molecule has 13 heavy (non-hydrogen) atoms. The molecule has 1 aliphatic heterocycles. The number of rotatable bonds is 1. The molecule has 1 atom stereocenters. The molecule has 0 bridgehead atoms. The van der Waals surface area contributed by atoms with Crippen molar-refractivity contribution in [1.82, 2.24) is 0 Å². The summed E-state index contributed by atoms with van der Waals surface area (Å²) in [6, 6.07) is 0. The molecule has 0 aliphatic carbocycles. The van der Waals surface area contributed by atoms with Crippen molar-refractivity contribution in [1.29, 1.82) is 0 Å². The average Bonchev–Trinajstić information content (AvgIpc) is 2.15. The Kier molecular flexibility index (Phi) is 4.83. The van der Waals surface area contributed by atoms with Crippen LogP contribution in [0.15, 0.2) is 0 Å². The van der Waals surface area contributed by atoms with Gasteiger partial charge in [-0.3, -0.25) is 4.79 Å². The molecule has 3 heteroatoms. The summed E-state index contributed by atoms with van der Waals surface area (Å²) in [5.41, 5.74) is 0. The molecule has 3 nitrogen and oxygen atoms in total. The second-order valence-corrected chi connectivity index (χ2v) is 3.46. The highest BCUT2D eigenvalue weighted by Crippen LogP contribution is 2.14. The van der Waals surface area contributed by atoms with Gasteiger partial charge in [-0.05, 0) is 12.8 Å². The Morgan fingerprint density at radius 1 is 1.23 bits per heavy atom. The number of cyclic esters (lactones) is 1. The van der Waals surface area contributed by atoms with E-state index in [1.807, 2.05) is 0 Å². The normalized spacial score (nSPS) is 26.5. The number of carbonyl (C=O) groups excluding carboxylic acids is 1. The molecule has 0 aromatic rings. The molecule has 1 aliphatic rings. The summed E-state index contributed by atoms with van der Waals surface area (Å²) in [4.78, 5) is 11.2. The maximum absolute atomic E-state index is 11.2. The lowest BCUT2D eigenvalue weighted by Crippen LogP contribution is -2.20. The van der Waals surface area contributed by atoms with Crippen molar-refractivity contribution in [2.75, 3.05) is 7.11 Å². The molecule has 1 fully saturated rings. The number of hydrogen-bond donors (Lipinski definition) is 0. The monoisotopic (exact) mass is 186 g/mol. The summed E-state index contributed by atoms with van der Waals surface area (Å²) in [7, 11) is 1.59. The van der Waals surface area contributed by atoms with Gasteiger partial charge in [-0.2, -0.15) is 0 Å². The Labute approximate surface area is 79.4 Å². The van der Waals surface area contributed by atoms with Crippen molar-refractivity contribution in [3.8, 4) is 0 Å². The Hall–Kier alpha value is -0.570. The summed E-state index contributed by atoms with van der Waals surface area (Å²) in [5, 5.41) is 0. The zero-order valence-corrected chi connectivity index (χ0v) is 8.25. The van der Waals surface area contributed by atoms with E-state index in [4.69, 9.17) is 9.47 Å². The maximum Gasteiger partial charge on any atom is 0.308 e. The number of hydrogen-bond acceptors (Lipinski definition) is 3. The third kappa shape index (κ3) is 4.27. The van der Waals surface area contributed by atoms with E-state index < -0.39 is 0 Å². The van der Waals surface area contributed by atoms with Crippen LogP contribution in [0.3, 0.4) is 0 Å². The van der Waals surface area contributed by atoms with E-state index in [-0.39, 0.29) is 12.3 Å². The van der Waals surface area contributed by atoms with Gasteiger partial charge in [0.2, 0.25) is 6.29 Å². The van der Waals surface area contributed by atoms with Crippen molar-refractivity contribution < 1.29 is 14.3 Å². The van der Waals surface area contributed by atoms with Gasteiger partial charge in [-0.25, -0.2) is 0 Å². The molecule has 0 aromatic heterocycles. The Morgan fingerprint density at radius 3 is 2.69 bits per heavy atom. The van der Waals surface area contributed by atoms with E-state index in [0.29, 0.717) is 6.42 Å². The van der Waals surface area contributed by atoms with Gasteiger partial charge in [0.05, 0.1) is 0 Å². The van der Waals surface area contributed by atoms with Crippen LogP contribution < -0.4 is 0 Å². The number of esters is 1. The van der Waals surface area contributed by atoms with Gasteiger partial charge < -0.3 is 9.47 Å². The molecule has 76 valence electrons. The molecule has 0 aromatic carbocycles. The lowest BCUT2D eigenvalue weighted by Gasteiger charge is -2.17. The molecular weight excluding hydrogens is 168 g/mol. The summed E-state index contributed by atoms with van der Waals surface area (Å²) in [6.07, 6.45) is 6.70. The van der Waals surface area contributed by atoms with Crippen molar-refractivity contribution in [3.63, 3.8) is 0 Å².